The summed E-state index contributed by atoms with van der Waals surface area (Å²) < 4.78 is 6.69. The van der Waals surface area contributed by atoms with Gasteiger partial charge in [0.25, 0.3) is 5.89 Å². The monoisotopic (exact) mass is 329 g/mol. The summed E-state index contributed by atoms with van der Waals surface area (Å²) in [5, 5.41) is 10.2. The summed E-state index contributed by atoms with van der Waals surface area (Å²) in [6, 6.07) is 8.16. The number of carbonyl (C=O) groups excluding carboxylic acids is 1. The Morgan fingerprint density at radius 3 is 2.83 bits per heavy atom. The number of aromatic nitrogens is 2. The lowest BCUT2D eigenvalue weighted by atomic mass is 9.88. The van der Waals surface area contributed by atoms with E-state index in [0.717, 1.165) is 10.9 Å². The van der Waals surface area contributed by atoms with Gasteiger partial charge < -0.3 is 9.84 Å². The topological polar surface area (TPSA) is 68.0 Å². The molecule has 5 nitrogen and oxygen atoms in total. The molecular formula is C17H19N3O2S. The van der Waals surface area contributed by atoms with Gasteiger partial charge in [0.1, 0.15) is 5.54 Å². The molecule has 0 fully saturated rings. The number of nitrogens with one attached hydrogen (secondary N) is 1. The second-order valence-electron chi connectivity index (χ2n) is 6.13. The lowest BCUT2D eigenvalue weighted by Crippen LogP contribution is -2.46. The summed E-state index contributed by atoms with van der Waals surface area (Å²) in [6.45, 7) is 7.41. The van der Waals surface area contributed by atoms with Gasteiger partial charge in [-0.3, -0.25) is 4.79 Å². The molecule has 1 aromatic carbocycles. The van der Waals surface area contributed by atoms with Crippen LogP contribution in [-0.2, 0) is 10.3 Å². The Kier molecular flexibility index (Phi) is 3.93. The van der Waals surface area contributed by atoms with Crippen molar-refractivity contribution in [3.05, 3.63) is 35.5 Å². The van der Waals surface area contributed by atoms with Crippen LogP contribution in [0.15, 0.2) is 34.2 Å². The standard InChI is InChI=1S/C17H19N3O2S/c1-10(2)17(4,19-11(3)21)16-18-15(20-22-16)13-5-6-14-12(9-13)7-8-23-14/h5-10H,1-4H3,(H,19,21). The predicted molar refractivity (Wildman–Crippen MR) is 91.1 cm³/mol. The molecule has 0 spiro atoms. The van der Waals surface area contributed by atoms with E-state index < -0.39 is 5.54 Å². The van der Waals surface area contributed by atoms with E-state index in [1.54, 1.807) is 11.3 Å². The van der Waals surface area contributed by atoms with Crippen LogP contribution in [-0.4, -0.2) is 16.0 Å². The van der Waals surface area contributed by atoms with E-state index in [9.17, 15) is 4.79 Å². The number of fused-ring (bicyclic) bond motifs is 1. The Bertz CT molecular complexity index is 852. The highest BCUT2D eigenvalue weighted by Crippen LogP contribution is 2.31. The number of carbonyl (C=O) groups is 1. The van der Waals surface area contributed by atoms with Crippen LogP contribution in [0.25, 0.3) is 21.5 Å². The molecule has 120 valence electrons. The number of hydrogen-bond donors (Lipinski definition) is 1. The highest BCUT2D eigenvalue weighted by Gasteiger charge is 2.37. The van der Waals surface area contributed by atoms with Gasteiger partial charge in [-0.25, -0.2) is 0 Å². The van der Waals surface area contributed by atoms with E-state index in [-0.39, 0.29) is 11.8 Å². The quantitative estimate of drug-likeness (QED) is 0.786. The summed E-state index contributed by atoms with van der Waals surface area (Å²) >= 11 is 1.70. The number of hydrogen-bond acceptors (Lipinski definition) is 5. The molecule has 3 aromatic rings. The molecule has 0 saturated heterocycles. The van der Waals surface area contributed by atoms with Gasteiger partial charge in [0.2, 0.25) is 11.7 Å². The Labute approximate surface area is 138 Å². The van der Waals surface area contributed by atoms with Crippen molar-refractivity contribution >= 4 is 27.3 Å². The SMILES string of the molecule is CC(=O)NC(C)(c1nc(-c2ccc3sccc3c2)no1)C(C)C. The summed E-state index contributed by atoms with van der Waals surface area (Å²) in [4.78, 5) is 16.1. The molecule has 0 aliphatic carbocycles. The van der Waals surface area contributed by atoms with Gasteiger partial charge in [-0.05, 0) is 47.9 Å². The molecule has 2 aromatic heterocycles. The fourth-order valence-corrected chi connectivity index (χ4v) is 3.24. The molecular weight excluding hydrogens is 310 g/mol. The van der Waals surface area contributed by atoms with Gasteiger partial charge in [-0.1, -0.05) is 19.0 Å². The maximum absolute atomic E-state index is 11.5. The largest absolute Gasteiger partial charge is 0.342 e. The molecule has 23 heavy (non-hydrogen) atoms. The van der Waals surface area contributed by atoms with E-state index >= 15 is 0 Å². The minimum absolute atomic E-state index is 0.110. The van der Waals surface area contributed by atoms with Gasteiger partial charge in [0, 0.05) is 17.2 Å². The molecule has 1 amide bonds. The molecule has 6 heteroatoms. The zero-order chi connectivity index (χ0) is 16.6. The van der Waals surface area contributed by atoms with Gasteiger partial charge in [0.15, 0.2) is 0 Å². The second-order valence-corrected chi connectivity index (χ2v) is 7.08. The fraction of sp³-hybridized carbons (Fsp3) is 0.353. The molecule has 1 N–H and O–H groups in total. The van der Waals surface area contributed by atoms with Gasteiger partial charge in [0.05, 0.1) is 0 Å². The number of rotatable bonds is 4. The molecule has 0 aliphatic rings. The summed E-state index contributed by atoms with van der Waals surface area (Å²) in [5.74, 6) is 0.938. The Hall–Kier alpha value is -2.21. The normalized spacial score (nSPS) is 14.1. The number of nitrogens with zero attached hydrogens (tertiary/aromatic N) is 2. The van der Waals surface area contributed by atoms with Crippen LogP contribution in [0, 0.1) is 5.92 Å². The highest BCUT2D eigenvalue weighted by molar-refractivity contribution is 7.17. The van der Waals surface area contributed by atoms with Crippen molar-refractivity contribution in [3.8, 4) is 11.4 Å². The van der Waals surface area contributed by atoms with Gasteiger partial charge >= 0.3 is 0 Å². The number of benzene rings is 1. The molecule has 3 rings (SSSR count). The van der Waals surface area contributed by atoms with Gasteiger partial charge in [-0.15, -0.1) is 11.3 Å². The Morgan fingerprint density at radius 2 is 2.13 bits per heavy atom. The minimum atomic E-state index is -0.691. The first kappa shape index (κ1) is 15.7. The van der Waals surface area contributed by atoms with Crippen LogP contribution >= 0.6 is 11.3 Å². The first-order chi connectivity index (χ1) is 10.9. The number of thiophene rings is 1. The number of amides is 1. The lowest BCUT2D eigenvalue weighted by molar-refractivity contribution is -0.121. The average molecular weight is 329 g/mol. The first-order valence-electron chi connectivity index (χ1n) is 7.50. The molecule has 0 aliphatic heterocycles. The third kappa shape index (κ3) is 2.86. The van der Waals surface area contributed by atoms with Crippen LogP contribution < -0.4 is 5.32 Å². The predicted octanol–water partition coefficient (Wildman–Crippen LogP) is 3.96. The third-order valence-electron chi connectivity index (χ3n) is 4.17. The zero-order valence-electron chi connectivity index (χ0n) is 13.6. The molecule has 1 unspecified atom stereocenters. The lowest BCUT2D eigenvalue weighted by Gasteiger charge is -2.30. The van der Waals surface area contributed by atoms with E-state index in [0.29, 0.717) is 11.7 Å². The smallest absolute Gasteiger partial charge is 0.252 e. The van der Waals surface area contributed by atoms with E-state index in [4.69, 9.17) is 4.52 Å². The minimum Gasteiger partial charge on any atom is -0.342 e. The zero-order valence-corrected chi connectivity index (χ0v) is 14.4. The molecule has 0 bridgehead atoms. The van der Waals surface area contributed by atoms with Crippen LogP contribution in [0.2, 0.25) is 0 Å². The van der Waals surface area contributed by atoms with Crippen molar-refractivity contribution in [2.24, 2.45) is 5.92 Å². The Balaban J connectivity index is 1.99. The fourth-order valence-electron chi connectivity index (χ4n) is 2.47. The van der Waals surface area contributed by atoms with E-state index in [2.05, 4.69) is 33.0 Å². The molecule has 0 radical (unpaired) electrons. The third-order valence-corrected chi connectivity index (χ3v) is 5.07. The first-order valence-corrected chi connectivity index (χ1v) is 8.38. The maximum Gasteiger partial charge on any atom is 0.252 e. The molecule has 2 heterocycles. The van der Waals surface area contributed by atoms with Crippen LogP contribution in [0.1, 0.15) is 33.6 Å². The summed E-state index contributed by atoms with van der Waals surface area (Å²) in [7, 11) is 0. The van der Waals surface area contributed by atoms with Crippen molar-refractivity contribution in [1.29, 1.82) is 0 Å². The highest BCUT2D eigenvalue weighted by atomic mass is 32.1. The average Bonchev–Trinajstić information content (AvgIpc) is 3.14. The van der Waals surface area contributed by atoms with Crippen LogP contribution in [0.4, 0.5) is 0 Å². The molecule has 0 saturated carbocycles. The maximum atomic E-state index is 11.5. The van der Waals surface area contributed by atoms with Crippen molar-refractivity contribution in [2.75, 3.05) is 0 Å². The van der Waals surface area contributed by atoms with Crippen LogP contribution in [0.5, 0.6) is 0 Å². The van der Waals surface area contributed by atoms with Gasteiger partial charge in [-0.2, -0.15) is 4.98 Å². The van der Waals surface area contributed by atoms with Crippen molar-refractivity contribution < 1.29 is 9.32 Å². The van der Waals surface area contributed by atoms with Crippen molar-refractivity contribution in [3.63, 3.8) is 0 Å². The van der Waals surface area contributed by atoms with Crippen LogP contribution in [0.3, 0.4) is 0 Å². The second kappa shape index (κ2) is 5.77. The van der Waals surface area contributed by atoms with Crippen molar-refractivity contribution in [2.45, 2.75) is 33.2 Å². The van der Waals surface area contributed by atoms with E-state index in [1.165, 1.54) is 11.6 Å². The molecule has 1 atom stereocenters. The Morgan fingerprint density at radius 1 is 1.35 bits per heavy atom. The van der Waals surface area contributed by atoms with Crippen molar-refractivity contribution in [1.82, 2.24) is 15.5 Å². The van der Waals surface area contributed by atoms with E-state index in [1.807, 2.05) is 32.9 Å². The summed E-state index contributed by atoms with van der Waals surface area (Å²) in [6.07, 6.45) is 0. The summed E-state index contributed by atoms with van der Waals surface area (Å²) in [5.41, 5.74) is 0.212.